The number of rotatable bonds is 6. The first-order valence-corrected chi connectivity index (χ1v) is 8.70. The lowest BCUT2D eigenvalue weighted by Crippen LogP contribution is -2.43. The van der Waals surface area contributed by atoms with E-state index in [1.54, 1.807) is 6.07 Å². The smallest absolute Gasteiger partial charge is 0.123 e. The minimum Gasteiger partial charge on any atom is -0.377 e. The van der Waals surface area contributed by atoms with Crippen LogP contribution in [0.25, 0.3) is 0 Å². The normalized spacial score (nSPS) is 29.0. The zero-order valence-corrected chi connectivity index (χ0v) is 14.1. The van der Waals surface area contributed by atoms with E-state index in [-0.39, 0.29) is 11.2 Å². The Labute approximate surface area is 134 Å². The minimum atomic E-state index is -0.159. The first-order valence-electron chi connectivity index (χ1n) is 7.91. The fourth-order valence-corrected chi connectivity index (χ4v) is 4.00. The molecule has 0 radical (unpaired) electrons. The van der Waals surface area contributed by atoms with Gasteiger partial charge < -0.3 is 10.1 Å². The topological polar surface area (TPSA) is 21.3 Å². The molecule has 2 unspecified atom stereocenters. The Balaban J connectivity index is 1.86. The maximum absolute atomic E-state index is 13.6. The highest BCUT2D eigenvalue weighted by atomic mass is 79.9. The Kier molecular flexibility index (Phi) is 4.67. The third-order valence-corrected chi connectivity index (χ3v) is 5.60. The zero-order valence-electron chi connectivity index (χ0n) is 12.5. The summed E-state index contributed by atoms with van der Waals surface area (Å²) in [7, 11) is 0. The van der Waals surface area contributed by atoms with Crippen molar-refractivity contribution in [3.05, 3.63) is 34.1 Å². The van der Waals surface area contributed by atoms with Crippen LogP contribution in [0.3, 0.4) is 0 Å². The SMILES string of the molecule is CCNCC1(Cc2cc(F)ccc2Br)CCOC1C1CC1. The molecule has 1 saturated carbocycles. The van der Waals surface area contributed by atoms with Crippen LogP contribution >= 0.6 is 15.9 Å². The van der Waals surface area contributed by atoms with Crippen LogP contribution in [-0.2, 0) is 11.2 Å². The molecule has 1 saturated heterocycles. The second-order valence-electron chi connectivity index (χ2n) is 6.43. The molecule has 1 aromatic rings. The number of ether oxygens (including phenoxy) is 1. The highest BCUT2D eigenvalue weighted by Crippen LogP contribution is 2.49. The van der Waals surface area contributed by atoms with Crippen molar-refractivity contribution in [3.8, 4) is 0 Å². The van der Waals surface area contributed by atoms with Crippen LogP contribution in [0.1, 0.15) is 31.7 Å². The van der Waals surface area contributed by atoms with Crippen LogP contribution < -0.4 is 5.32 Å². The molecular formula is C17H23BrFNO. The van der Waals surface area contributed by atoms with E-state index in [4.69, 9.17) is 4.74 Å². The summed E-state index contributed by atoms with van der Waals surface area (Å²) in [6, 6.07) is 4.99. The Hall–Kier alpha value is -0.450. The fourth-order valence-electron chi connectivity index (χ4n) is 3.62. The van der Waals surface area contributed by atoms with Crippen LogP contribution in [0, 0.1) is 17.2 Å². The third-order valence-electron chi connectivity index (χ3n) is 4.83. The monoisotopic (exact) mass is 355 g/mol. The van der Waals surface area contributed by atoms with E-state index in [0.717, 1.165) is 42.6 Å². The van der Waals surface area contributed by atoms with Gasteiger partial charge in [0.2, 0.25) is 0 Å². The highest BCUT2D eigenvalue weighted by Gasteiger charge is 2.50. The summed E-state index contributed by atoms with van der Waals surface area (Å²) in [6.07, 6.45) is 4.82. The number of hydrogen-bond acceptors (Lipinski definition) is 2. The summed E-state index contributed by atoms with van der Waals surface area (Å²) in [5.41, 5.74) is 1.16. The van der Waals surface area contributed by atoms with Crippen molar-refractivity contribution in [3.63, 3.8) is 0 Å². The average molecular weight is 356 g/mol. The predicted octanol–water partition coefficient (Wildman–Crippen LogP) is 3.93. The molecule has 1 aromatic carbocycles. The predicted molar refractivity (Wildman–Crippen MR) is 85.9 cm³/mol. The first kappa shape index (κ1) is 15.4. The van der Waals surface area contributed by atoms with Gasteiger partial charge in [0, 0.05) is 23.0 Å². The fraction of sp³-hybridized carbons (Fsp3) is 0.647. The maximum Gasteiger partial charge on any atom is 0.123 e. The van der Waals surface area contributed by atoms with E-state index < -0.39 is 0 Å². The van der Waals surface area contributed by atoms with Gasteiger partial charge in [-0.2, -0.15) is 0 Å². The summed E-state index contributed by atoms with van der Waals surface area (Å²) in [5, 5.41) is 3.51. The molecule has 0 bridgehead atoms. The number of halogens is 2. The standard InChI is InChI=1S/C17H23BrFNO/c1-2-20-11-17(7-8-21-16(17)12-3-4-12)10-13-9-14(19)5-6-15(13)18/h5-6,9,12,16,20H,2-4,7-8,10-11H2,1H3. The van der Waals surface area contributed by atoms with Gasteiger partial charge in [-0.15, -0.1) is 0 Å². The summed E-state index contributed by atoms with van der Waals surface area (Å²) in [4.78, 5) is 0. The van der Waals surface area contributed by atoms with E-state index in [2.05, 4.69) is 28.2 Å². The van der Waals surface area contributed by atoms with Gasteiger partial charge in [0.1, 0.15) is 5.82 Å². The van der Waals surface area contributed by atoms with Crippen molar-refractivity contribution < 1.29 is 9.13 Å². The van der Waals surface area contributed by atoms with Gasteiger partial charge in [-0.25, -0.2) is 4.39 Å². The minimum absolute atomic E-state index is 0.105. The van der Waals surface area contributed by atoms with E-state index in [9.17, 15) is 4.39 Å². The molecule has 0 spiro atoms. The molecule has 0 aromatic heterocycles. The van der Waals surface area contributed by atoms with E-state index in [1.807, 2.05) is 6.07 Å². The van der Waals surface area contributed by atoms with Gasteiger partial charge in [0.05, 0.1) is 6.10 Å². The summed E-state index contributed by atoms with van der Waals surface area (Å²) in [5.74, 6) is 0.548. The van der Waals surface area contributed by atoms with Crippen LogP contribution in [0.5, 0.6) is 0 Å². The van der Waals surface area contributed by atoms with Crippen LogP contribution in [0.15, 0.2) is 22.7 Å². The Morgan fingerprint density at radius 3 is 2.95 bits per heavy atom. The van der Waals surface area contributed by atoms with Gasteiger partial charge in [-0.3, -0.25) is 0 Å². The third kappa shape index (κ3) is 3.33. The molecule has 2 fully saturated rings. The summed E-state index contributed by atoms with van der Waals surface area (Å²) < 4.78 is 20.7. The Bertz CT molecular complexity index is 506. The Morgan fingerprint density at radius 1 is 1.43 bits per heavy atom. The van der Waals surface area contributed by atoms with Gasteiger partial charge in [-0.05, 0) is 61.9 Å². The van der Waals surface area contributed by atoms with Gasteiger partial charge in [0.15, 0.2) is 0 Å². The van der Waals surface area contributed by atoms with E-state index >= 15 is 0 Å². The molecule has 21 heavy (non-hydrogen) atoms. The quantitative estimate of drug-likeness (QED) is 0.834. The molecule has 1 N–H and O–H groups in total. The van der Waals surface area contributed by atoms with Gasteiger partial charge in [0.25, 0.3) is 0 Å². The van der Waals surface area contributed by atoms with E-state index in [0.29, 0.717) is 12.0 Å². The molecular weight excluding hydrogens is 333 g/mol. The summed E-state index contributed by atoms with van der Waals surface area (Å²) >= 11 is 3.57. The number of benzene rings is 1. The second-order valence-corrected chi connectivity index (χ2v) is 7.29. The largest absolute Gasteiger partial charge is 0.377 e. The summed E-state index contributed by atoms with van der Waals surface area (Å²) in [6.45, 7) is 4.88. The lowest BCUT2D eigenvalue weighted by Gasteiger charge is -2.35. The van der Waals surface area contributed by atoms with Gasteiger partial charge in [-0.1, -0.05) is 22.9 Å². The molecule has 0 amide bonds. The molecule has 2 nitrogen and oxygen atoms in total. The zero-order chi connectivity index (χ0) is 14.9. The molecule has 1 aliphatic heterocycles. The van der Waals surface area contributed by atoms with Crippen molar-refractivity contribution in [2.24, 2.45) is 11.3 Å². The lowest BCUT2D eigenvalue weighted by molar-refractivity contribution is 0.0308. The van der Waals surface area contributed by atoms with Crippen LogP contribution in [0.2, 0.25) is 0 Å². The number of hydrogen-bond donors (Lipinski definition) is 1. The van der Waals surface area contributed by atoms with Crippen molar-refractivity contribution >= 4 is 15.9 Å². The molecule has 2 atom stereocenters. The molecule has 3 rings (SSSR count). The van der Waals surface area contributed by atoms with Crippen LogP contribution in [-0.4, -0.2) is 25.8 Å². The van der Waals surface area contributed by atoms with Gasteiger partial charge >= 0.3 is 0 Å². The molecule has 116 valence electrons. The molecule has 2 aliphatic rings. The van der Waals surface area contributed by atoms with Crippen molar-refractivity contribution in [2.45, 2.75) is 38.7 Å². The van der Waals surface area contributed by atoms with Crippen molar-refractivity contribution in [1.82, 2.24) is 5.32 Å². The van der Waals surface area contributed by atoms with Crippen molar-refractivity contribution in [2.75, 3.05) is 19.7 Å². The maximum atomic E-state index is 13.6. The highest BCUT2D eigenvalue weighted by molar-refractivity contribution is 9.10. The molecule has 4 heteroatoms. The second kappa shape index (κ2) is 6.35. The lowest BCUT2D eigenvalue weighted by atomic mass is 9.74. The Morgan fingerprint density at radius 2 is 2.24 bits per heavy atom. The van der Waals surface area contributed by atoms with Crippen LogP contribution in [0.4, 0.5) is 4.39 Å². The first-order chi connectivity index (χ1) is 10.1. The average Bonchev–Trinajstić information content (AvgIpc) is 3.23. The van der Waals surface area contributed by atoms with Crippen molar-refractivity contribution in [1.29, 1.82) is 0 Å². The molecule has 1 heterocycles. The molecule has 1 aliphatic carbocycles. The number of nitrogens with one attached hydrogen (secondary N) is 1. The van der Waals surface area contributed by atoms with E-state index in [1.165, 1.54) is 18.9 Å².